The molecule has 27 heavy (non-hydrogen) atoms. The molecule has 0 aromatic heterocycles. The second kappa shape index (κ2) is 8.07. The Hall–Kier alpha value is -2.43. The van der Waals surface area contributed by atoms with Crippen molar-refractivity contribution in [3.8, 4) is 11.8 Å². The molecule has 0 radical (unpaired) electrons. The molecule has 1 fully saturated rings. The Balaban J connectivity index is 1.92. The molecule has 5 nitrogen and oxygen atoms in total. The summed E-state index contributed by atoms with van der Waals surface area (Å²) in [4.78, 5) is 13.7. The van der Waals surface area contributed by atoms with Crippen LogP contribution in [0.5, 0.6) is 5.75 Å². The molecule has 0 spiro atoms. The number of alkyl halides is 3. The summed E-state index contributed by atoms with van der Waals surface area (Å²) >= 11 is 0. The van der Waals surface area contributed by atoms with Crippen molar-refractivity contribution in [3.05, 3.63) is 29.3 Å². The zero-order valence-corrected chi connectivity index (χ0v) is 15.6. The van der Waals surface area contributed by atoms with E-state index >= 15 is 0 Å². The van der Waals surface area contributed by atoms with E-state index in [1.165, 1.54) is 0 Å². The fraction of sp³-hybridized carbons (Fsp3) is 0.579. The molecule has 1 aliphatic heterocycles. The lowest BCUT2D eigenvalue weighted by Gasteiger charge is -2.33. The van der Waals surface area contributed by atoms with E-state index in [1.54, 1.807) is 25.7 Å². The first-order valence-corrected chi connectivity index (χ1v) is 8.71. The summed E-state index contributed by atoms with van der Waals surface area (Å²) in [6.07, 6.45) is -3.56. The molecule has 1 amide bonds. The number of nitrogens with zero attached hydrogens (tertiary/aromatic N) is 2. The van der Waals surface area contributed by atoms with Crippen LogP contribution >= 0.6 is 0 Å². The number of nitriles is 1. The van der Waals surface area contributed by atoms with Crippen molar-refractivity contribution in [2.45, 2.75) is 45.4 Å². The monoisotopic (exact) mass is 384 g/mol. The van der Waals surface area contributed by atoms with Gasteiger partial charge in [0.25, 0.3) is 0 Å². The van der Waals surface area contributed by atoms with Gasteiger partial charge >= 0.3 is 12.3 Å². The van der Waals surface area contributed by atoms with Gasteiger partial charge in [-0.1, -0.05) is 0 Å². The highest BCUT2D eigenvalue weighted by atomic mass is 19.4. The molecule has 2 rings (SSSR count). The van der Waals surface area contributed by atoms with Gasteiger partial charge in [0.1, 0.15) is 17.4 Å². The van der Waals surface area contributed by atoms with E-state index in [9.17, 15) is 18.0 Å². The van der Waals surface area contributed by atoms with Crippen molar-refractivity contribution in [1.29, 1.82) is 5.26 Å². The van der Waals surface area contributed by atoms with Gasteiger partial charge in [0.2, 0.25) is 0 Å². The van der Waals surface area contributed by atoms with Crippen molar-refractivity contribution >= 4 is 6.09 Å². The molecule has 1 aliphatic rings. The third-order valence-corrected chi connectivity index (χ3v) is 4.17. The minimum absolute atomic E-state index is 0.0641. The molecule has 0 unspecified atom stereocenters. The van der Waals surface area contributed by atoms with E-state index in [4.69, 9.17) is 14.7 Å². The number of piperidine rings is 1. The van der Waals surface area contributed by atoms with Crippen molar-refractivity contribution < 1.29 is 27.4 Å². The van der Waals surface area contributed by atoms with Gasteiger partial charge in [-0.25, -0.2) is 4.79 Å². The van der Waals surface area contributed by atoms with Crippen LogP contribution in [0, 0.1) is 17.2 Å². The fourth-order valence-electron chi connectivity index (χ4n) is 2.73. The Morgan fingerprint density at radius 3 is 2.41 bits per heavy atom. The highest BCUT2D eigenvalue weighted by Gasteiger charge is 2.32. The van der Waals surface area contributed by atoms with Gasteiger partial charge in [-0.3, -0.25) is 0 Å². The largest absolute Gasteiger partial charge is 0.492 e. The second-order valence-corrected chi connectivity index (χ2v) is 7.54. The summed E-state index contributed by atoms with van der Waals surface area (Å²) in [5.41, 5.74) is -1.35. The number of hydrogen-bond acceptors (Lipinski definition) is 4. The van der Waals surface area contributed by atoms with Gasteiger partial charge in [0, 0.05) is 13.1 Å². The zero-order valence-electron chi connectivity index (χ0n) is 15.6. The first-order chi connectivity index (χ1) is 12.5. The average Bonchev–Trinajstić information content (AvgIpc) is 2.57. The predicted octanol–water partition coefficient (Wildman–Crippen LogP) is 4.60. The summed E-state index contributed by atoms with van der Waals surface area (Å²) in [6.45, 7) is 6.58. The van der Waals surface area contributed by atoms with E-state index in [2.05, 4.69) is 0 Å². The van der Waals surface area contributed by atoms with Crippen LogP contribution in [0.1, 0.15) is 44.7 Å². The Morgan fingerprint density at radius 1 is 1.26 bits per heavy atom. The SMILES string of the molecule is CC(C)(C)OC(=O)N1CCC(COc2cc(C(F)(F)F)ccc2C#N)CC1. The number of hydrogen-bond donors (Lipinski definition) is 0. The highest BCUT2D eigenvalue weighted by Crippen LogP contribution is 2.33. The molecule has 0 N–H and O–H groups in total. The quantitative estimate of drug-likeness (QED) is 0.764. The number of amides is 1. The van der Waals surface area contributed by atoms with Gasteiger partial charge in [-0.05, 0) is 57.7 Å². The van der Waals surface area contributed by atoms with Crippen molar-refractivity contribution in [3.63, 3.8) is 0 Å². The Kier molecular flexibility index (Phi) is 6.24. The van der Waals surface area contributed by atoms with Crippen molar-refractivity contribution in [1.82, 2.24) is 4.90 Å². The van der Waals surface area contributed by atoms with Crippen LogP contribution in [-0.4, -0.2) is 36.3 Å². The van der Waals surface area contributed by atoms with E-state index in [1.807, 2.05) is 6.07 Å². The molecule has 1 heterocycles. The van der Waals surface area contributed by atoms with Crippen molar-refractivity contribution in [2.75, 3.05) is 19.7 Å². The first-order valence-electron chi connectivity index (χ1n) is 8.71. The molecule has 148 valence electrons. The summed E-state index contributed by atoms with van der Waals surface area (Å²) in [7, 11) is 0. The van der Waals surface area contributed by atoms with Gasteiger partial charge in [0.05, 0.1) is 17.7 Å². The molecule has 0 aliphatic carbocycles. The lowest BCUT2D eigenvalue weighted by molar-refractivity contribution is -0.137. The van der Waals surface area contributed by atoms with Crippen LogP contribution < -0.4 is 4.74 Å². The number of carbonyl (C=O) groups is 1. The maximum Gasteiger partial charge on any atom is 0.416 e. The lowest BCUT2D eigenvalue weighted by Crippen LogP contribution is -2.42. The van der Waals surface area contributed by atoms with Crippen molar-refractivity contribution in [2.24, 2.45) is 5.92 Å². The Morgan fingerprint density at radius 2 is 1.89 bits per heavy atom. The molecule has 0 atom stereocenters. The lowest BCUT2D eigenvalue weighted by atomic mass is 9.98. The van der Waals surface area contributed by atoms with E-state index in [0.29, 0.717) is 25.9 Å². The normalized spacial score (nSPS) is 16.0. The number of halogens is 3. The molecule has 8 heteroatoms. The van der Waals surface area contributed by atoms with Crippen LogP contribution in [0.3, 0.4) is 0 Å². The summed E-state index contributed by atoms with van der Waals surface area (Å²) in [5.74, 6) is 0.0201. The van der Waals surface area contributed by atoms with E-state index in [0.717, 1.165) is 18.2 Å². The van der Waals surface area contributed by atoms with E-state index < -0.39 is 17.3 Å². The minimum Gasteiger partial charge on any atom is -0.492 e. The number of ether oxygens (including phenoxy) is 2. The number of benzene rings is 1. The van der Waals surface area contributed by atoms with E-state index in [-0.39, 0.29) is 29.9 Å². The molecule has 0 saturated carbocycles. The van der Waals surface area contributed by atoms with Crippen LogP contribution in [0.25, 0.3) is 0 Å². The predicted molar refractivity (Wildman–Crippen MR) is 92.2 cm³/mol. The number of rotatable bonds is 3. The molecule has 1 saturated heterocycles. The maximum atomic E-state index is 12.8. The van der Waals surface area contributed by atoms with Crippen LogP contribution in [0.15, 0.2) is 18.2 Å². The molecular formula is C19H23F3N2O3. The molecular weight excluding hydrogens is 361 g/mol. The minimum atomic E-state index is -4.50. The number of likely N-dealkylation sites (tertiary alicyclic amines) is 1. The van der Waals surface area contributed by atoms with Gasteiger partial charge < -0.3 is 14.4 Å². The maximum absolute atomic E-state index is 12.8. The van der Waals surface area contributed by atoms with Crippen LogP contribution in [-0.2, 0) is 10.9 Å². The Labute approximate surface area is 156 Å². The third kappa shape index (κ3) is 6.05. The summed E-state index contributed by atoms with van der Waals surface area (Å²) in [5, 5.41) is 9.07. The highest BCUT2D eigenvalue weighted by molar-refractivity contribution is 5.68. The number of carbonyl (C=O) groups excluding carboxylic acids is 1. The molecule has 1 aromatic carbocycles. The van der Waals surface area contributed by atoms with Crippen LogP contribution in [0.2, 0.25) is 0 Å². The second-order valence-electron chi connectivity index (χ2n) is 7.54. The van der Waals surface area contributed by atoms with Gasteiger partial charge in [-0.15, -0.1) is 0 Å². The average molecular weight is 384 g/mol. The molecule has 1 aromatic rings. The topological polar surface area (TPSA) is 62.6 Å². The van der Waals surface area contributed by atoms with Crippen LogP contribution in [0.4, 0.5) is 18.0 Å². The standard InChI is InChI=1S/C19H23F3N2O3/c1-18(2,3)27-17(25)24-8-6-13(7-9-24)12-26-16-10-15(19(20,21)22)5-4-14(16)11-23/h4-5,10,13H,6-9,12H2,1-3H3. The zero-order chi connectivity index (χ0) is 20.2. The Bertz CT molecular complexity index is 712. The third-order valence-electron chi connectivity index (χ3n) is 4.17. The van der Waals surface area contributed by atoms with Gasteiger partial charge in [0.15, 0.2) is 0 Å². The van der Waals surface area contributed by atoms with Gasteiger partial charge in [-0.2, -0.15) is 18.4 Å². The molecule has 0 bridgehead atoms. The summed E-state index contributed by atoms with van der Waals surface area (Å²) in [6, 6.07) is 4.68. The smallest absolute Gasteiger partial charge is 0.416 e. The first kappa shape index (κ1) is 20.9. The summed E-state index contributed by atoms with van der Waals surface area (Å²) < 4.78 is 49.4. The fourth-order valence-corrected chi connectivity index (χ4v) is 2.73.